The molecule has 1 aliphatic carbocycles. The number of carboxylic acid groups (broad SMARTS) is 1. The highest BCUT2D eigenvalue weighted by Gasteiger charge is 2.58. The molecule has 6 heteroatoms. The van der Waals surface area contributed by atoms with E-state index in [1.54, 1.807) is 0 Å². The minimum absolute atomic E-state index is 0.0532. The summed E-state index contributed by atoms with van der Waals surface area (Å²) in [5, 5.41) is 11.6. The van der Waals surface area contributed by atoms with E-state index in [1.807, 2.05) is 0 Å². The molecule has 18 heavy (non-hydrogen) atoms. The lowest BCUT2D eigenvalue weighted by molar-refractivity contribution is -0.257. The van der Waals surface area contributed by atoms with Crippen LogP contribution in [0.5, 0.6) is 0 Å². The van der Waals surface area contributed by atoms with E-state index in [-0.39, 0.29) is 25.2 Å². The molecule has 2 unspecified atom stereocenters. The summed E-state index contributed by atoms with van der Waals surface area (Å²) in [6.45, 7) is 0.384. The number of alkyl halides is 3. The number of rotatable bonds is 3. The van der Waals surface area contributed by atoms with Crippen molar-refractivity contribution in [3.8, 4) is 0 Å². The Balaban J connectivity index is 1.89. The average molecular weight is 265 g/mol. The lowest BCUT2D eigenvalue weighted by Gasteiger charge is -2.46. The van der Waals surface area contributed by atoms with Gasteiger partial charge in [-0.15, -0.1) is 0 Å². The second kappa shape index (κ2) is 4.72. The van der Waals surface area contributed by atoms with Gasteiger partial charge >= 0.3 is 12.1 Å². The van der Waals surface area contributed by atoms with Gasteiger partial charge in [0, 0.05) is 0 Å². The van der Waals surface area contributed by atoms with Gasteiger partial charge in [0.05, 0.1) is 5.41 Å². The number of aliphatic carboxylic acids is 1. The van der Waals surface area contributed by atoms with Crippen LogP contribution in [0.1, 0.15) is 38.5 Å². The predicted octanol–water partition coefficient (Wildman–Crippen LogP) is 2.56. The van der Waals surface area contributed by atoms with E-state index in [2.05, 4.69) is 5.32 Å². The molecule has 0 bridgehead atoms. The zero-order valence-corrected chi connectivity index (χ0v) is 10.1. The van der Waals surface area contributed by atoms with Gasteiger partial charge in [0.25, 0.3) is 0 Å². The fourth-order valence-corrected chi connectivity index (χ4v) is 3.06. The van der Waals surface area contributed by atoms with Crippen molar-refractivity contribution in [3.63, 3.8) is 0 Å². The molecule has 1 saturated heterocycles. The zero-order chi connectivity index (χ0) is 13.4. The quantitative estimate of drug-likeness (QED) is 0.824. The number of carbonyl (C=O) groups is 1. The summed E-state index contributed by atoms with van der Waals surface area (Å²) >= 11 is 0. The molecule has 3 nitrogen and oxygen atoms in total. The van der Waals surface area contributed by atoms with Crippen LogP contribution in [0.2, 0.25) is 0 Å². The lowest BCUT2D eigenvalue weighted by Crippen LogP contribution is -2.49. The first kappa shape index (κ1) is 13.6. The molecule has 0 aromatic heterocycles. The fourth-order valence-electron chi connectivity index (χ4n) is 3.06. The van der Waals surface area contributed by atoms with Crippen molar-refractivity contribution in [3.05, 3.63) is 0 Å². The minimum atomic E-state index is -4.12. The summed E-state index contributed by atoms with van der Waals surface area (Å²) in [6.07, 6.45) is -1.86. The normalized spacial score (nSPS) is 31.7. The molecule has 0 spiro atoms. The molecule has 2 rings (SSSR count). The number of halogens is 3. The Kier molecular flexibility index (Phi) is 3.58. The van der Waals surface area contributed by atoms with Crippen LogP contribution in [0.3, 0.4) is 0 Å². The summed E-state index contributed by atoms with van der Waals surface area (Å²) in [4.78, 5) is 10.7. The largest absolute Gasteiger partial charge is 0.480 e. The van der Waals surface area contributed by atoms with Gasteiger partial charge in [0.1, 0.15) is 6.04 Å². The number of hydrogen-bond donors (Lipinski definition) is 2. The van der Waals surface area contributed by atoms with Crippen LogP contribution in [0.4, 0.5) is 13.2 Å². The molecule has 0 aromatic rings. The molecule has 2 atom stereocenters. The van der Waals surface area contributed by atoms with Gasteiger partial charge in [-0.2, -0.15) is 13.2 Å². The van der Waals surface area contributed by atoms with Crippen molar-refractivity contribution in [1.29, 1.82) is 0 Å². The van der Waals surface area contributed by atoms with Gasteiger partial charge in [0.15, 0.2) is 0 Å². The number of nitrogens with one attached hydrogen (secondary N) is 1. The van der Waals surface area contributed by atoms with E-state index in [1.165, 1.54) is 0 Å². The van der Waals surface area contributed by atoms with Crippen LogP contribution in [0, 0.1) is 11.3 Å². The van der Waals surface area contributed by atoms with E-state index < -0.39 is 23.6 Å². The Bertz CT molecular complexity index is 318. The van der Waals surface area contributed by atoms with Crippen LogP contribution in [0.15, 0.2) is 0 Å². The van der Waals surface area contributed by atoms with Crippen molar-refractivity contribution in [1.82, 2.24) is 5.32 Å². The van der Waals surface area contributed by atoms with Crippen molar-refractivity contribution in [2.75, 3.05) is 6.54 Å². The van der Waals surface area contributed by atoms with Crippen LogP contribution in [-0.4, -0.2) is 29.8 Å². The van der Waals surface area contributed by atoms with Gasteiger partial charge in [-0.3, -0.25) is 4.79 Å². The highest BCUT2D eigenvalue weighted by molar-refractivity contribution is 5.73. The number of piperidine rings is 1. The third kappa shape index (κ3) is 2.48. The van der Waals surface area contributed by atoms with Crippen LogP contribution in [-0.2, 0) is 4.79 Å². The van der Waals surface area contributed by atoms with E-state index >= 15 is 0 Å². The van der Waals surface area contributed by atoms with E-state index in [0.717, 1.165) is 0 Å². The SMILES string of the molecule is O=C(O)C1CCC(CC2(C(F)(F)F)CCC2)CN1. The van der Waals surface area contributed by atoms with Crippen LogP contribution < -0.4 is 5.32 Å². The van der Waals surface area contributed by atoms with E-state index in [9.17, 15) is 18.0 Å². The molecule has 0 radical (unpaired) electrons. The predicted molar refractivity (Wildman–Crippen MR) is 59.1 cm³/mol. The molecule has 2 fully saturated rings. The van der Waals surface area contributed by atoms with Crippen molar-refractivity contribution < 1.29 is 23.1 Å². The molecule has 104 valence electrons. The van der Waals surface area contributed by atoms with E-state index in [0.29, 0.717) is 25.8 Å². The van der Waals surface area contributed by atoms with Gasteiger partial charge in [-0.05, 0) is 44.6 Å². The molecule has 1 saturated carbocycles. The topological polar surface area (TPSA) is 49.3 Å². The monoisotopic (exact) mass is 265 g/mol. The summed E-state index contributed by atoms with van der Waals surface area (Å²) in [6, 6.07) is -0.593. The Morgan fingerprint density at radius 1 is 1.33 bits per heavy atom. The van der Waals surface area contributed by atoms with Crippen molar-refractivity contribution in [2.45, 2.75) is 50.7 Å². The highest BCUT2D eigenvalue weighted by atomic mass is 19.4. The average Bonchev–Trinajstić information content (AvgIpc) is 2.22. The summed E-state index contributed by atoms with van der Waals surface area (Å²) in [5.41, 5.74) is -1.49. The first-order valence-electron chi connectivity index (χ1n) is 6.37. The molecule has 1 heterocycles. The Morgan fingerprint density at radius 2 is 2.00 bits per heavy atom. The molecule has 1 aliphatic heterocycles. The summed E-state index contributed by atoms with van der Waals surface area (Å²) < 4.78 is 39.0. The third-order valence-electron chi connectivity index (χ3n) is 4.41. The Morgan fingerprint density at radius 3 is 2.33 bits per heavy atom. The van der Waals surface area contributed by atoms with E-state index in [4.69, 9.17) is 5.11 Å². The molecule has 0 amide bonds. The molecule has 2 N–H and O–H groups in total. The lowest BCUT2D eigenvalue weighted by atomic mass is 9.63. The summed E-state index contributed by atoms with van der Waals surface area (Å²) in [5.74, 6) is -0.967. The smallest absolute Gasteiger partial charge is 0.394 e. The van der Waals surface area contributed by atoms with Gasteiger partial charge < -0.3 is 10.4 Å². The third-order valence-corrected chi connectivity index (χ3v) is 4.41. The maximum absolute atomic E-state index is 13.0. The van der Waals surface area contributed by atoms with Crippen LogP contribution in [0.25, 0.3) is 0 Å². The van der Waals surface area contributed by atoms with Crippen molar-refractivity contribution >= 4 is 5.97 Å². The first-order valence-corrected chi connectivity index (χ1v) is 6.37. The maximum Gasteiger partial charge on any atom is 0.394 e. The second-order valence-corrected chi connectivity index (χ2v) is 5.58. The molecule has 2 aliphatic rings. The highest BCUT2D eigenvalue weighted by Crippen LogP contribution is 2.57. The standard InChI is InChI=1S/C12H18F3NO2/c13-12(14,15)11(4-1-5-11)6-8-2-3-9(10(17)18)16-7-8/h8-9,16H,1-7H2,(H,17,18). The van der Waals surface area contributed by atoms with Gasteiger partial charge in [-0.25, -0.2) is 0 Å². The molecule has 0 aromatic carbocycles. The summed E-state index contributed by atoms with van der Waals surface area (Å²) in [7, 11) is 0. The first-order chi connectivity index (χ1) is 8.34. The number of carboxylic acids is 1. The van der Waals surface area contributed by atoms with Crippen LogP contribution >= 0.6 is 0 Å². The number of hydrogen-bond acceptors (Lipinski definition) is 2. The second-order valence-electron chi connectivity index (χ2n) is 5.58. The molecular formula is C12H18F3NO2. The van der Waals surface area contributed by atoms with Crippen molar-refractivity contribution in [2.24, 2.45) is 11.3 Å². The fraction of sp³-hybridized carbons (Fsp3) is 0.917. The molecular weight excluding hydrogens is 247 g/mol. The van der Waals surface area contributed by atoms with Gasteiger partial charge in [0.2, 0.25) is 0 Å². The minimum Gasteiger partial charge on any atom is -0.480 e. The Hall–Kier alpha value is -0.780. The maximum atomic E-state index is 13.0. The Labute approximate surface area is 104 Å². The van der Waals surface area contributed by atoms with Gasteiger partial charge in [-0.1, -0.05) is 6.42 Å². The zero-order valence-electron chi connectivity index (χ0n) is 10.1.